The van der Waals surface area contributed by atoms with Crippen molar-refractivity contribution in [3.05, 3.63) is 23.3 Å². The van der Waals surface area contributed by atoms with Crippen LogP contribution in [0.1, 0.15) is 17.2 Å². The molecule has 2 rings (SSSR count). The smallest absolute Gasteiger partial charge is 0.122 e. The molecule has 1 heterocycles. The second kappa shape index (κ2) is 2.92. The molecule has 0 bridgehead atoms. The van der Waals surface area contributed by atoms with Crippen LogP contribution in [0.15, 0.2) is 12.1 Å². The number of methoxy groups -OCH3 is 1. The van der Waals surface area contributed by atoms with Crippen LogP contribution >= 0.6 is 0 Å². The van der Waals surface area contributed by atoms with Gasteiger partial charge in [0, 0.05) is 18.2 Å². The highest BCUT2D eigenvalue weighted by molar-refractivity contribution is 5.47. The van der Waals surface area contributed by atoms with E-state index in [0.29, 0.717) is 11.8 Å². The van der Waals surface area contributed by atoms with E-state index in [2.05, 4.69) is 5.32 Å². The summed E-state index contributed by atoms with van der Waals surface area (Å²) in [6.45, 7) is 2.86. The van der Waals surface area contributed by atoms with Gasteiger partial charge in [0.15, 0.2) is 0 Å². The van der Waals surface area contributed by atoms with Crippen molar-refractivity contribution in [1.29, 1.82) is 0 Å². The van der Waals surface area contributed by atoms with Crippen molar-refractivity contribution in [2.45, 2.75) is 13.0 Å². The fraction of sp³-hybridized carbons (Fsp3) is 0.400. The van der Waals surface area contributed by atoms with E-state index in [0.717, 1.165) is 23.4 Å². The first-order valence-electron chi connectivity index (χ1n) is 4.33. The lowest BCUT2D eigenvalue weighted by atomic mass is 10.1. The normalized spacial score (nSPS) is 20.0. The average Bonchev–Trinajstić information content (AvgIpc) is 2.88. The highest BCUT2D eigenvalue weighted by Crippen LogP contribution is 2.34. The molecule has 3 nitrogen and oxygen atoms in total. The number of phenolic OH excluding ortho intramolecular Hbond substituents is 1. The molecule has 0 radical (unpaired) electrons. The number of benzene rings is 1. The molecular formula is C10H13NO2. The summed E-state index contributed by atoms with van der Waals surface area (Å²) in [4.78, 5) is 0. The third kappa shape index (κ3) is 1.47. The summed E-state index contributed by atoms with van der Waals surface area (Å²) in [7, 11) is 1.64. The van der Waals surface area contributed by atoms with Crippen LogP contribution in [-0.4, -0.2) is 18.8 Å². The van der Waals surface area contributed by atoms with E-state index in [4.69, 9.17) is 4.74 Å². The minimum absolute atomic E-state index is 0.314. The van der Waals surface area contributed by atoms with Gasteiger partial charge in [-0.15, -0.1) is 0 Å². The lowest BCUT2D eigenvalue weighted by Gasteiger charge is -2.08. The fourth-order valence-electron chi connectivity index (χ4n) is 1.47. The first-order valence-corrected chi connectivity index (χ1v) is 4.33. The molecule has 0 spiro atoms. The molecular weight excluding hydrogens is 166 g/mol. The molecule has 1 aromatic rings. The van der Waals surface area contributed by atoms with Crippen LogP contribution in [0.5, 0.6) is 11.5 Å². The summed E-state index contributed by atoms with van der Waals surface area (Å²) >= 11 is 0. The number of hydrogen-bond acceptors (Lipinski definition) is 3. The summed E-state index contributed by atoms with van der Waals surface area (Å²) in [5.74, 6) is 1.19. The van der Waals surface area contributed by atoms with E-state index in [1.165, 1.54) is 0 Å². The fourth-order valence-corrected chi connectivity index (χ4v) is 1.47. The highest BCUT2D eigenvalue weighted by Gasteiger charge is 2.26. The maximum atomic E-state index is 9.63. The molecule has 70 valence electrons. The lowest BCUT2D eigenvalue weighted by Crippen LogP contribution is -1.92. The van der Waals surface area contributed by atoms with Gasteiger partial charge < -0.3 is 15.2 Å². The molecule has 1 saturated heterocycles. The molecule has 0 amide bonds. The molecule has 1 aliphatic heterocycles. The van der Waals surface area contributed by atoms with Crippen LogP contribution in [-0.2, 0) is 0 Å². The van der Waals surface area contributed by atoms with Gasteiger partial charge in [-0.05, 0) is 24.6 Å². The Bertz CT molecular complexity index is 332. The predicted octanol–water partition coefficient (Wildman–Crippen LogP) is 1.35. The van der Waals surface area contributed by atoms with Crippen molar-refractivity contribution in [2.75, 3.05) is 13.7 Å². The molecule has 0 saturated carbocycles. The standard InChI is InChI=1S/C10H13NO2/c1-6-3-9(12)7(8-5-11-8)4-10(6)13-2/h3-4,8,11-12H,5H2,1-2H3/t8-/m1/s1. The molecule has 0 unspecified atom stereocenters. The van der Waals surface area contributed by atoms with Crippen LogP contribution in [0.4, 0.5) is 0 Å². The Balaban J connectivity index is 2.44. The quantitative estimate of drug-likeness (QED) is 0.674. The summed E-state index contributed by atoms with van der Waals surface area (Å²) in [5.41, 5.74) is 1.90. The molecule has 0 aromatic heterocycles. The number of ether oxygens (including phenoxy) is 1. The molecule has 1 fully saturated rings. The zero-order chi connectivity index (χ0) is 9.42. The van der Waals surface area contributed by atoms with Gasteiger partial charge in [0.2, 0.25) is 0 Å². The van der Waals surface area contributed by atoms with Gasteiger partial charge in [-0.2, -0.15) is 0 Å². The van der Waals surface area contributed by atoms with Gasteiger partial charge in [0.05, 0.1) is 7.11 Å². The van der Waals surface area contributed by atoms with Gasteiger partial charge >= 0.3 is 0 Å². The first kappa shape index (κ1) is 8.38. The maximum Gasteiger partial charge on any atom is 0.122 e. The largest absolute Gasteiger partial charge is 0.508 e. The molecule has 3 heteroatoms. The Morgan fingerprint density at radius 3 is 2.77 bits per heavy atom. The zero-order valence-corrected chi connectivity index (χ0v) is 7.79. The van der Waals surface area contributed by atoms with Gasteiger partial charge in [-0.1, -0.05) is 0 Å². The Morgan fingerprint density at radius 1 is 1.54 bits per heavy atom. The second-order valence-corrected chi connectivity index (χ2v) is 3.34. The van der Waals surface area contributed by atoms with E-state index in [9.17, 15) is 5.11 Å². The van der Waals surface area contributed by atoms with E-state index >= 15 is 0 Å². The third-order valence-electron chi connectivity index (χ3n) is 2.33. The van der Waals surface area contributed by atoms with Crippen LogP contribution in [0.25, 0.3) is 0 Å². The molecule has 1 atom stereocenters. The third-order valence-corrected chi connectivity index (χ3v) is 2.33. The van der Waals surface area contributed by atoms with Crippen molar-refractivity contribution in [2.24, 2.45) is 0 Å². The average molecular weight is 179 g/mol. The monoisotopic (exact) mass is 179 g/mol. The Labute approximate surface area is 77.3 Å². The lowest BCUT2D eigenvalue weighted by molar-refractivity contribution is 0.407. The molecule has 2 N–H and O–H groups in total. The SMILES string of the molecule is COc1cc([C@H]2CN2)c(O)cc1C. The van der Waals surface area contributed by atoms with Crippen molar-refractivity contribution < 1.29 is 9.84 Å². The van der Waals surface area contributed by atoms with Crippen LogP contribution < -0.4 is 10.1 Å². The van der Waals surface area contributed by atoms with Gasteiger partial charge in [0.1, 0.15) is 11.5 Å². The molecule has 1 aliphatic rings. The van der Waals surface area contributed by atoms with Crippen molar-refractivity contribution in [1.82, 2.24) is 5.32 Å². The topological polar surface area (TPSA) is 51.4 Å². The van der Waals surface area contributed by atoms with Crippen LogP contribution in [0.3, 0.4) is 0 Å². The maximum absolute atomic E-state index is 9.63. The number of rotatable bonds is 2. The zero-order valence-electron chi connectivity index (χ0n) is 7.79. The van der Waals surface area contributed by atoms with Gasteiger partial charge in [0.25, 0.3) is 0 Å². The van der Waals surface area contributed by atoms with Crippen molar-refractivity contribution >= 4 is 0 Å². The van der Waals surface area contributed by atoms with E-state index in [1.807, 2.05) is 13.0 Å². The number of hydrogen-bond donors (Lipinski definition) is 2. The Kier molecular flexibility index (Phi) is 1.88. The molecule has 1 aromatic carbocycles. The summed E-state index contributed by atoms with van der Waals surface area (Å²) < 4.78 is 5.18. The number of aromatic hydroxyl groups is 1. The number of phenols is 1. The first-order chi connectivity index (χ1) is 6.22. The number of aryl methyl sites for hydroxylation is 1. The van der Waals surface area contributed by atoms with Gasteiger partial charge in [-0.25, -0.2) is 0 Å². The predicted molar refractivity (Wildman–Crippen MR) is 50.1 cm³/mol. The minimum Gasteiger partial charge on any atom is -0.508 e. The highest BCUT2D eigenvalue weighted by atomic mass is 16.5. The summed E-state index contributed by atoms with van der Waals surface area (Å²) in [6.07, 6.45) is 0. The number of nitrogens with one attached hydrogen (secondary N) is 1. The van der Waals surface area contributed by atoms with Crippen molar-refractivity contribution in [3.8, 4) is 11.5 Å². The van der Waals surface area contributed by atoms with E-state index < -0.39 is 0 Å². The minimum atomic E-state index is 0.314. The second-order valence-electron chi connectivity index (χ2n) is 3.34. The Hall–Kier alpha value is -1.22. The Morgan fingerprint density at radius 2 is 2.23 bits per heavy atom. The van der Waals surface area contributed by atoms with Crippen LogP contribution in [0.2, 0.25) is 0 Å². The van der Waals surface area contributed by atoms with Gasteiger partial charge in [-0.3, -0.25) is 0 Å². The summed E-state index contributed by atoms with van der Waals surface area (Å²) in [6, 6.07) is 3.96. The van der Waals surface area contributed by atoms with Crippen LogP contribution in [0, 0.1) is 6.92 Å². The van der Waals surface area contributed by atoms with E-state index in [-0.39, 0.29) is 0 Å². The molecule has 0 aliphatic carbocycles. The summed E-state index contributed by atoms with van der Waals surface area (Å²) in [5, 5.41) is 12.8. The van der Waals surface area contributed by atoms with E-state index in [1.54, 1.807) is 13.2 Å². The van der Waals surface area contributed by atoms with Crippen molar-refractivity contribution in [3.63, 3.8) is 0 Å². The molecule has 13 heavy (non-hydrogen) atoms.